The van der Waals surface area contributed by atoms with Crippen LogP contribution in [0.5, 0.6) is 0 Å². The number of likely N-dealkylation sites (tertiary alicyclic amines) is 1. The lowest BCUT2D eigenvalue weighted by molar-refractivity contribution is 0.189. The van der Waals surface area contributed by atoms with E-state index in [1.54, 1.807) is 0 Å². The van der Waals surface area contributed by atoms with Gasteiger partial charge in [-0.25, -0.2) is 9.97 Å². The molecule has 1 N–H and O–H groups in total. The Morgan fingerprint density at radius 3 is 2.84 bits per heavy atom. The van der Waals surface area contributed by atoms with Gasteiger partial charge in [0.05, 0.1) is 18.9 Å². The molecule has 1 fully saturated rings. The summed E-state index contributed by atoms with van der Waals surface area (Å²) in [7, 11) is 1.86. The Morgan fingerprint density at radius 1 is 1.19 bits per heavy atom. The zero-order valence-corrected chi connectivity index (χ0v) is 18.6. The van der Waals surface area contributed by atoms with Gasteiger partial charge in [0, 0.05) is 51.5 Å². The number of aromatic nitrogens is 4. The standard InChI is InChI=1S/C24H33N7/c1-20-10-14-30(18-22(20)31-15-11-26-19-31)24(25-2)28-17-23-27-12-16-29(23)13-6-9-21-7-4-3-5-8-21/h3-5,7-8,11-12,15-16,19-20,22H,6,9-10,13-14,17-18H2,1-2H3,(H,25,28). The Hall–Kier alpha value is -3.09. The molecule has 31 heavy (non-hydrogen) atoms. The topological polar surface area (TPSA) is 63.3 Å². The first-order valence-corrected chi connectivity index (χ1v) is 11.2. The monoisotopic (exact) mass is 419 g/mol. The molecule has 0 bridgehead atoms. The maximum atomic E-state index is 4.58. The van der Waals surface area contributed by atoms with Crippen molar-refractivity contribution < 1.29 is 0 Å². The molecule has 1 aliphatic rings. The number of aryl methyl sites for hydroxylation is 2. The number of nitrogens with zero attached hydrogens (tertiary/aromatic N) is 6. The van der Waals surface area contributed by atoms with E-state index >= 15 is 0 Å². The normalized spacial score (nSPS) is 19.5. The third-order valence-electron chi connectivity index (χ3n) is 6.25. The first-order valence-electron chi connectivity index (χ1n) is 11.2. The predicted molar refractivity (Wildman–Crippen MR) is 124 cm³/mol. The van der Waals surface area contributed by atoms with Crippen molar-refractivity contribution >= 4 is 5.96 Å². The summed E-state index contributed by atoms with van der Waals surface area (Å²) < 4.78 is 4.47. The smallest absolute Gasteiger partial charge is 0.194 e. The van der Waals surface area contributed by atoms with Crippen LogP contribution in [-0.2, 0) is 19.5 Å². The summed E-state index contributed by atoms with van der Waals surface area (Å²) in [4.78, 5) is 15.7. The summed E-state index contributed by atoms with van der Waals surface area (Å²) in [5.41, 5.74) is 1.38. The van der Waals surface area contributed by atoms with Crippen molar-refractivity contribution in [3.05, 3.63) is 72.8 Å². The number of guanidine groups is 1. The van der Waals surface area contributed by atoms with Crippen LogP contribution >= 0.6 is 0 Å². The van der Waals surface area contributed by atoms with Gasteiger partial charge < -0.3 is 19.4 Å². The average Bonchev–Trinajstić information content (AvgIpc) is 3.48. The van der Waals surface area contributed by atoms with Gasteiger partial charge in [-0.15, -0.1) is 0 Å². The number of piperidine rings is 1. The molecule has 7 nitrogen and oxygen atoms in total. The van der Waals surface area contributed by atoms with Crippen LogP contribution in [0.2, 0.25) is 0 Å². The minimum Gasteiger partial charge on any atom is -0.349 e. The molecule has 0 radical (unpaired) electrons. The molecule has 0 amide bonds. The van der Waals surface area contributed by atoms with E-state index in [1.807, 2.05) is 25.8 Å². The van der Waals surface area contributed by atoms with Gasteiger partial charge in [0.15, 0.2) is 5.96 Å². The highest BCUT2D eigenvalue weighted by atomic mass is 15.3. The van der Waals surface area contributed by atoms with Gasteiger partial charge in [-0.05, 0) is 30.7 Å². The van der Waals surface area contributed by atoms with Gasteiger partial charge in [-0.3, -0.25) is 4.99 Å². The van der Waals surface area contributed by atoms with Crippen LogP contribution in [0.25, 0.3) is 0 Å². The molecule has 1 aromatic carbocycles. The molecule has 3 aromatic rings. The lowest BCUT2D eigenvalue weighted by atomic mass is 9.93. The lowest BCUT2D eigenvalue weighted by Gasteiger charge is -2.39. The van der Waals surface area contributed by atoms with Crippen LogP contribution in [0.15, 0.2) is 66.4 Å². The molecule has 7 heteroatoms. The van der Waals surface area contributed by atoms with E-state index in [4.69, 9.17) is 0 Å². The van der Waals surface area contributed by atoms with Gasteiger partial charge in [0.2, 0.25) is 0 Å². The van der Waals surface area contributed by atoms with Crippen molar-refractivity contribution in [3.8, 4) is 0 Å². The Labute approximate surface area is 184 Å². The van der Waals surface area contributed by atoms with E-state index < -0.39 is 0 Å². The van der Waals surface area contributed by atoms with Gasteiger partial charge in [-0.1, -0.05) is 37.3 Å². The second kappa shape index (κ2) is 10.3. The molecule has 164 valence electrons. The van der Waals surface area contributed by atoms with Crippen LogP contribution in [0.3, 0.4) is 0 Å². The van der Waals surface area contributed by atoms with Crippen LogP contribution in [-0.4, -0.2) is 50.1 Å². The fraction of sp³-hybridized carbons (Fsp3) is 0.458. The van der Waals surface area contributed by atoms with E-state index in [-0.39, 0.29) is 0 Å². The first-order chi connectivity index (χ1) is 15.2. The SMILES string of the molecule is CN=C(NCc1nccn1CCCc1ccccc1)N1CCC(C)C(n2ccnc2)C1. The Bertz CT molecular complexity index is 945. The largest absolute Gasteiger partial charge is 0.349 e. The van der Waals surface area contributed by atoms with Gasteiger partial charge in [0.1, 0.15) is 5.82 Å². The number of benzene rings is 1. The summed E-state index contributed by atoms with van der Waals surface area (Å²) >= 11 is 0. The highest BCUT2D eigenvalue weighted by Crippen LogP contribution is 2.27. The molecular formula is C24H33N7. The van der Waals surface area contributed by atoms with Crippen molar-refractivity contribution in [1.29, 1.82) is 0 Å². The van der Waals surface area contributed by atoms with E-state index in [1.165, 1.54) is 5.56 Å². The fourth-order valence-corrected chi connectivity index (χ4v) is 4.39. The summed E-state index contributed by atoms with van der Waals surface area (Å²) in [5, 5.41) is 3.54. The van der Waals surface area contributed by atoms with Crippen LogP contribution in [0.4, 0.5) is 0 Å². The zero-order chi connectivity index (χ0) is 21.5. The molecule has 4 rings (SSSR count). The molecule has 2 atom stereocenters. The Morgan fingerprint density at radius 2 is 2.06 bits per heavy atom. The predicted octanol–water partition coefficient (Wildman–Crippen LogP) is 3.37. The molecule has 0 spiro atoms. The average molecular weight is 420 g/mol. The Balaban J connectivity index is 1.31. The summed E-state index contributed by atoms with van der Waals surface area (Å²) in [6, 6.07) is 11.1. The molecule has 0 saturated carbocycles. The van der Waals surface area contributed by atoms with Gasteiger partial charge in [0.25, 0.3) is 0 Å². The highest BCUT2D eigenvalue weighted by molar-refractivity contribution is 5.79. The summed E-state index contributed by atoms with van der Waals surface area (Å²) in [5.74, 6) is 2.61. The number of nitrogens with one attached hydrogen (secondary N) is 1. The number of hydrogen-bond acceptors (Lipinski definition) is 3. The second-order valence-electron chi connectivity index (χ2n) is 8.32. The van der Waals surface area contributed by atoms with E-state index in [0.29, 0.717) is 18.5 Å². The molecule has 2 unspecified atom stereocenters. The molecule has 3 heterocycles. The maximum Gasteiger partial charge on any atom is 0.194 e. The molecule has 0 aliphatic carbocycles. The minimum absolute atomic E-state index is 0.412. The molecule has 2 aromatic heterocycles. The van der Waals surface area contributed by atoms with Crippen molar-refractivity contribution in [2.75, 3.05) is 20.1 Å². The van der Waals surface area contributed by atoms with Gasteiger partial charge >= 0.3 is 0 Å². The highest BCUT2D eigenvalue weighted by Gasteiger charge is 2.28. The van der Waals surface area contributed by atoms with E-state index in [2.05, 4.69) is 84.0 Å². The fourth-order valence-electron chi connectivity index (χ4n) is 4.39. The van der Waals surface area contributed by atoms with Crippen molar-refractivity contribution in [1.82, 2.24) is 29.3 Å². The van der Waals surface area contributed by atoms with E-state index in [0.717, 1.165) is 50.7 Å². The van der Waals surface area contributed by atoms with Crippen LogP contribution in [0, 0.1) is 5.92 Å². The number of hydrogen-bond donors (Lipinski definition) is 1. The number of aliphatic imine (C=N–C) groups is 1. The quantitative estimate of drug-likeness (QED) is 0.471. The minimum atomic E-state index is 0.412. The molecule has 1 aliphatic heterocycles. The van der Waals surface area contributed by atoms with E-state index in [9.17, 15) is 0 Å². The number of imidazole rings is 2. The zero-order valence-electron chi connectivity index (χ0n) is 18.6. The van der Waals surface area contributed by atoms with Gasteiger partial charge in [-0.2, -0.15) is 0 Å². The summed E-state index contributed by atoms with van der Waals surface area (Å²) in [6.07, 6.45) is 13.1. The second-order valence-corrected chi connectivity index (χ2v) is 8.32. The van der Waals surface area contributed by atoms with Crippen LogP contribution < -0.4 is 5.32 Å². The third-order valence-corrected chi connectivity index (χ3v) is 6.25. The summed E-state index contributed by atoms with van der Waals surface area (Å²) in [6.45, 7) is 5.91. The molecule has 1 saturated heterocycles. The lowest BCUT2D eigenvalue weighted by Crippen LogP contribution is -2.48. The Kier molecular flexibility index (Phi) is 7.02. The first kappa shape index (κ1) is 21.2. The van der Waals surface area contributed by atoms with Crippen LogP contribution in [0.1, 0.15) is 37.2 Å². The number of rotatable bonds is 7. The van der Waals surface area contributed by atoms with Crippen molar-refractivity contribution in [2.45, 2.75) is 45.3 Å². The van der Waals surface area contributed by atoms with Crippen molar-refractivity contribution in [2.24, 2.45) is 10.9 Å². The third kappa shape index (κ3) is 5.34. The van der Waals surface area contributed by atoms with Crippen molar-refractivity contribution in [3.63, 3.8) is 0 Å². The molecular weight excluding hydrogens is 386 g/mol. The maximum absolute atomic E-state index is 4.58.